The topological polar surface area (TPSA) is 142 Å². The highest BCUT2D eigenvalue weighted by Gasteiger charge is 2.35. The van der Waals surface area contributed by atoms with Crippen molar-refractivity contribution < 1.29 is 8.83 Å². The van der Waals surface area contributed by atoms with Crippen molar-refractivity contribution in [3.63, 3.8) is 0 Å². The maximum absolute atomic E-state index is 11.4. The molecule has 0 unspecified atom stereocenters. The van der Waals surface area contributed by atoms with Gasteiger partial charge >= 0.3 is 0 Å². The molecule has 0 bridgehead atoms. The summed E-state index contributed by atoms with van der Waals surface area (Å²) in [4.78, 5) is 4.58. The largest absolute Gasteiger partial charge is 0.438 e. The number of hydrogen-bond donors (Lipinski definition) is 0. The molecule has 0 atom stereocenters. The zero-order valence-electron chi connectivity index (χ0n) is 40.7. The van der Waals surface area contributed by atoms with Crippen molar-refractivity contribution in [3.05, 3.63) is 23.5 Å². The first-order valence-electron chi connectivity index (χ1n) is 25.7. The summed E-state index contributed by atoms with van der Waals surface area (Å²) in [7, 11) is 0. The van der Waals surface area contributed by atoms with E-state index in [0.29, 0.717) is 67.3 Å². The Hall–Kier alpha value is -4.84. The molecular formula is C52H80N10O2. The predicted octanol–water partition coefficient (Wildman–Crippen LogP) is 14.5. The number of benzene rings is 1. The number of nitriles is 2. The monoisotopic (exact) mass is 877 g/mol. The van der Waals surface area contributed by atoms with Gasteiger partial charge in [0.05, 0.1) is 34.3 Å². The third kappa shape index (κ3) is 13.1. The van der Waals surface area contributed by atoms with Gasteiger partial charge in [0.15, 0.2) is 0 Å². The number of furan rings is 2. The van der Waals surface area contributed by atoms with Gasteiger partial charge in [0, 0.05) is 39.3 Å². The van der Waals surface area contributed by atoms with Crippen molar-refractivity contribution in [1.29, 1.82) is 10.5 Å². The molecule has 4 aromatic heterocycles. The summed E-state index contributed by atoms with van der Waals surface area (Å²) in [6.07, 6.45) is 30.5. The highest BCUT2D eigenvalue weighted by atomic mass is 16.4. The molecule has 0 fully saturated rings. The summed E-state index contributed by atoms with van der Waals surface area (Å²) < 4.78 is 18.2. The lowest BCUT2D eigenvalue weighted by Gasteiger charge is -2.22. The van der Waals surface area contributed by atoms with E-state index in [4.69, 9.17) is 19.0 Å². The van der Waals surface area contributed by atoms with Crippen LogP contribution in [0.2, 0.25) is 0 Å². The maximum atomic E-state index is 11.4. The van der Waals surface area contributed by atoms with Gasteiger partial charge in [0.2, 0.25) is 11.8 Å². The second kappa shape index (κ2) is 27.5. The molecule has 0 aliphatic heterocycles. The molecule has 0 spiro atoms. The zero-order chi connectivity index (χ0) is 45.5. The van der Waals surface area contributed by atoms with Crippen LogP contribution in [0.15, 0.2) is 21.2 Å². The molecule has 0 saturated carbocycles. The standard InChI is InChI=1S/C52H80N10O2/c1-7-13-19-25-31-59(32-26-20-14-8-2)51-41(37-53)45-47(43-39-61(57-55-43)35-29-23-17-11-5)50-46(48(49(45)63-51)44-40-62(58-56-44)36-30-24-18-12-6)42(38-54)52(64-50)60(33-27-21-15-9-3)34-28-22-16-10-4/h39-40H,7-36H2,1-6H3. The van der Waals surface area contributed by atoms with Gasteiger partial charge in [0.1, 0.15) is 45.8 Å². The molecule has 0 aliphatic rings. The fraction of sp³-hybridized carbons (Fsp3) is 0.692. The summed E-state index contributed by atoms with van der Waals surface area (Å²) in [6, 6.07) is 5.29. The van der Waals surface area contributed by atoms with Crippen LogP contribution in [0.5, 0.6) is 0 Å². The van der Waals surface area contributed by atoms with Crippen LogP contribution < -0.4 is 9.80 Å². The maximum Gasteiger partial charge on any atom is 0.214 e. The minimum Gasteiger partial charge on any atom is -0.438 e. The Morgan fingerprint density at radius 3 is 1.06 bits per heavy atom. The van der Waals surface area contributed by atoms with Crippen LogP contribution in [0, 0.1) is 22.7 Å². The number of aryl methyl sites for hydroxylation is 2. The Morgan fingerprint density at radius 2 is 0.766 bits per heavy atom. The second-order valence-corrected chi connectivity index (χ2v) is 18.0. The van der Waals surface area contributed by atoms with Crippen LogP contribution in [0.1, 0.15) is 207 Å². The fourth-order valence-corrected chi connectivity index (χ4v) is 9.03. The van der Waals surface area contributed by atoms with Crippen LogP contribution in [-0.2, 0) is 13.1 Å². The number of unbranched alkanes of at least 4 members (excludes halogenated alkanes) is 18. The lowest BCUT2D eigenvalue weighted by Crippen LogP contribution is -2.26. The SMILES string of the molecule is CCCCCCN(CCCCCC)c1oc2c(-c3cn(CCCCCC)nn3)c3c(C#N)c(N(CCCCCC)CCCCCC)oc3c(-c3cn(CCCCCC)nn3)c2c1C#N. The first-order chi connectivity index (χ1) is 31.5. The molecular weight excluding hydrogens is 797 g/mol. The number of hydrogen-bond acceptors (Lipinski definition) is 10. The van der Waals surface area contributed by atoms with Gasteiger partial charge < -0.3 is 18.6 Å². The van der Waals surface area contributed by atoms with Gasteiger partial charge in [-0.3, -0.25) is 9.36 Å². The number of anilines is 2. The number of aromatic nitrogens is 6. The molecule has 12 nitrogen and oxygen atoms in total. The lowest BCUT2D eigenvalue weighted by atomic mass is 9.94. The summed E-state index contributed by atoms with van der Waals surface area (Å²) in [5.41, 5.74) is 4.41. The summed E-state index contributed by atoms with van der Waals surface area (Å²) in [6.45, 7) is 18.0. The molecule has 1 aromatic carbocycles. The normalized spacial score (nSPS) is 11.6. The van der Waals surface area contributed by atoms with E-state index in [1.54, 1.807) is 0 Å². The molecule has 350 valence electrons. The van der Waals surface area contributed by atoms with Crippen LogP contribution >= 0.6 is 0 Å². The Balaban J connectivity index is 1.84. The van der Waals surface area contributed by atoms with Crippen molar-refractivity contribution >= 4 is 33.7 Å². The fourth-order valence-electron chi connectivity index (χ4n) is 9.03. The average molecular weight is 877 g/mol. The van der Waals surface area contributed by atoms with E-state index >= 15 is 0 Å². The Morgan fingerprint density at radius 1 is 0.453 bits per heavy atom. The van der Waals surface area contributed by atoms with Crippen molar-refractivity contribution in [3.8, 4) is 34.7 Å². The molecule has 0 saturated heterocycles. The van der Waals surface area contributed by atoms with Gasteiger partial charge in [-0.1, -0.05) is 168 Å². The van der Waals surface area contributed by atoms with E-state index in [2.05, 4.69) is 73.9 Å². The highest BCUT2D eigenvalue weighted by molar-refractivity contribution is 6.22. The van der Waals surface area contributed by atoms with E-state index in [1.165, 1.54) is 12.8 Å². The average Bonchev–Trinajstić information content (AvgIpc) is 4.13. The Bertz CT molecular complexity index is 2020. The Labute approximate surface area is 384 Å². The van der Waals surface area contributed by atoms with Gasteiger partial charge in [-0.25, -0.2) is 0 Å². The first-order valence-corrected chi connectivity index (χ1v) is 25.7. The summed E-state index contributed by atoms with van der Waals surface area (Å²) in [5, 5.41) is 42.9. The van der Waals surface area contributed by atoms with Crippen molar-refractivity contribution in [2.75, 3.05) is 36.0 Å². The predicted molar refractivity (Wildman–Crippen MR) is 263 cm³/mol. The Kier molecular flexibility index (Phi) is 21.5. The minimum absolute atomic E-state index is 0.455. The lowest BCUT2D eigenvalue weighted by molar-refractivity contribution is 0.527. The molecule has 64 heavy (non-hydrogen) atoms. The molecule has 4 heterocycles. The minimum atomic E-state index is 0.455. The second-order valence-electron chi connectivity index (χ2n) is 18.0. The van der Waals surface area contributed by atoms with E-state index in [1.807, 2.05) is 21.8 Å². The van der Waals surface area contributed by atoms with Crippen molar-refractivity contribution in [1.82, 2.24) is 30.0 Å². The van der Waals surface area contributed by atoms with Crippen LogP contribution in [0.25, 0.3) is 44.5 Å². The van der Waals surface area contributed by atoms with Gasteiger partial charge in [0.25, 0.3) is 0 Å². The quantitative estimate of drug-likeness (QED) is 0.0367. The van der Waals surface area contributed by atoms with E-state index in [-0.39, 0.29) is 0 Å². The van der Waals surface area contributed by atoms with Crippen LogP contribution in [0.3, 0.4) is 0 Å². The summed E-state index contributed by atoms with van der Waals surface area (Å²) >= 11 is 0. The van der Waals surface area contributed by atoms with E-state index in [9.17, 15) is 10.5 Å². The van der Waals surface area contributed by atoms with Gasteiger partial charge in [-0.15, -0.1) is 10.2 Å². The van der Waals surface area contributed by atoms with E-state index in [0.717, 1.165) is 181 Å². The smallest absolute Gasteiger partial charge is 0.214 e. The first kappa shape index (κ1) is 50.2. The number of nitrogens with zero attached hydrogens (tertiary/aromatic N) is 10. The molecule has 5 rings (SSSR count). The van der Waals surface area contributed by atoms with Gasteiger partial charge in [-0.05, 0) is 38.5 Å². The van der Waals surface area contributed by atoms with Crippen LogP contribution in [0.4, 0.5) is 11.8 Å². The molecule has 12 heteroatoms. The third-order valence-electron chi connectivity index (χ3n) is 12.7. The van der Waals surface area contributed by atoms with Gasteiger partial charge in [-0.2, -0.15) is 10.5 Å². The molecule has 0 radical (unpaired) electrons. The number of rotatable bonds is 34. The molecule has 0 amide bonds. The van der Waals surface area contributed by atoms with Crippen molar-refractivity contribution in [2.24, 2.45) is 0 Å². The number of fused-ring (bicyclic) bond motifs is 2. The zero-order valence-corrected chi connectivity index (χ0v) is 40.7. The van der Waals surface area contributed by atoms with Crippen LogP contribution in [-0.4, -0.2) is 56.2 Å². The molecule has 0 aliphatic carbocycles. The third-order valence-corrected chi connectivity index (χ3v) is 12.7. The summed E-state index contributed by atoms with van der Waals surface area (Å²) in [5.74, 6) is 1.12. The molecule has 0 N–H and O–H groups in total. The van der Waals surface area contributed by atoms with E-state index < -0.39 is 0 Å². The highest BCUT2D eigenvalue weighted by Crippen LogP contribution is 2.51. The molecule has 5 aromatic rings. The van der Waals surface area contributed by atoms with Crippen molar-refractivity contribution in [2.45, 2.75) is 209 Å².